The summed E-state index contributed by atoms with van der Waals surface area (Å²) in [6.45, 7) is 3.55. The van der Waals surface area contributed by atoms with E-state index in [1.165, 1.54) is 18.2 Å². The normalized spacial score (nSPS) is 20.9. The first kappa shape index (κ1) is 15.3. The minimum Gasteiger partial charge on any atom is -0.350 e. The van der Waals surface area contributed by atoms with Crippen LogP contribution in [0.1, 0.15) is 10.4 Å². The lowest BCUT2D eigenvalue weighted by Crippen LogP contribution is -2.54. The van der Waals surface area contributed by atoms with Crippen LogP contribution in [0, 0.1) is 5.82 Å². The number of rotatable bonds is 3. The summed E-state index contributed by atoms with van der Waals surface area (Å²) in [6, 6.07) is 4.48. The standard InChI is InChI=1S/C14H20FN3OS/c1-17-5-6-18(2)11(9-17)8-16-14(19)10-3-4-12(15)13(20)7-10/h3-4,7,11,20H,5-6,8-9H2,1-2H3,(H,16,19). The van der Waals surface area contributed by atoms with Gasteiger partial charge in [0.15, 0.2) is 0 Å². The molecule has 1 heterocycles. The van der Waals surface area contributed by atoms with Gasteiger partial charge in [-0.05, 0) is 32.3 Å². The molecule has 1 aliphatic heterocycles. The van der Waals surface area contributed by atoms with Crippen LogP contribution in [0.25, 0.3) is 0 Å². The van der Waals surface area contributed by atoms with Crippen LogP contribution in [0.5, 0.6) is 0 Å². The average molecular weight is 297 g/mol. The Balaban J connectivity index is 1.92. The predicted molar refractivity (Wildman–Crippen MR) is 79.9 cm³/mol. The maximum atomic E-state index is 13.1. The molecule has 1 aromatic rings. The molecule has 1 aliphatic rings. The summed E-state index contributed by atoms with van der Waals surface area (Å²) in [5.74, 6) is -0.611. The predicted octanol–water partition coefficient (Wildman–Crippen LogP) is 1.09. The smallest absolute Gasteiger partial charge is 0.251 e. The van der Waals surface area contributed by atoms with E-state index in [1.54, 1.807) is 0 Å². The van der Waals surface area contributed by atoms with Gasteiger partial charge in [-0.25, -0.2) is 4.39 Å². The van der Waals surface area contributed by atoms with Crippen molar-refractivity contribution in [3.63, 3.8) is 0 Å². The van der Waals surface area contributed by atoms with E-state index >= 15 is 0 Å². The highest BCUT2D eigenvalue weighted by Crippen LogP contribution is 2.14. The third-order valence-electron chi connectivity index (χ3n) is 3.69. The Labute approximate surface area is 124 Å². The summed E-state index contributed by atoms with van der Waals surface area (Å²) in [4.78, 5) is 16.7. The highest BCUT2D eigenvalue weighted by Gasteiger charge is 2.22. The number of nitrogens with zero attached hydrogens (tertiary/aromatic N) is 2. The summed E-state index contributed by atoms with van der Waals surface area (Å²) < 4.78 is 13.1. The molecule has 0 spiro atoms. The fraction of sp³-hybridized carbons (Fsp3) is 0.500. The maximum absolute atomic E-state index is 13.1. The van der Waals surface area contributed by atoms with E-state index in [-0.39, 0.29) is 10.8 Å². The number of hydrogen-bond acceptors (Lipinski definition) is 4. The van der Waals surface area contributed by atoms with Crippen molar-refractivity contribution >= 4 is 18.5 Å². The zero-order valence-electron chi connectivity index (χ0n) is 11.8. The Kier molecular flexibility index (Phi) is 5.01. The van der Waals surface area contributed by atoms with Gasteiger partial charge in [0.2, 0.25) is 0 Å². The van der Waals surface area contributed by atoms with Crippen LogP contribution >= 0.6 is 12.6 Å². The van der Waals surface area contributed by atoms with Crippen LogP contribution in [0.3, 0.4) is 0 Å². The molecule has 6 heteroatoms. The summed E-state index contributed by atoms with van der Waals surface area (Å²) in [5.41, 5.74) is 0.434. The molecule has 0 aromatic heterocycles. The van der Waals surface area contributed by atoms with E-state index < -0.39 is 5.82 Å². The van der Waals surface area contributed by atoms with Gasteiger partial charge in [-0.15, -0.1) is 12.6 Å². The van der Waals surface area contributed by atoms with Crippen LogP contribution in [0.15, 0.2) is 23.1 Å². The molecule has 2 rings (SSSR count). The Morgan fingerprint density at radius 3 is 2.90 bits per heavy atom. The van der Waals surface area contributed by atoms with Gasteiger partial charge >= 0.3 is 0 Å². The van der Waals surface area contributed by atoms with Crippen LogP contribution in [-0.2, 0) is 0 Å². The molecule has 1 amide bonds. The lowest BCUT2D eigenvalue weighted by Gasteiger charge is -2.37. The first-order valence-electron chi connectivity index (χ1n) is 6.63. The highest BCUT2D eigenvalue weighted by atomic mass is 32.1. The van der Waals surface area contributed by atoms with Crippen LogP contribution in [0.2, 0.25) is 0 Å². The van der Waals surface area contributed by atoms with Crippen molar-refractivity contribution in [3.8, 4) is 0 Å². The van der Waals surface area contributed by atoms with Crippen molar-refractivity contribution in [2.24, 2.45) is 0 Å². The van der Waals surface area contributed by atoms with Gasteiger partial charge in [0.05, 0.1) is 0 Å². The number of carbonyl (C=O) groups excluding carboxylic acids is 1. The van der Waals surface area contributed by atoms with Crippen LogP contribution < -0.4 is 5.32 Å². The van der Waals surface area contributed by atoms with Gasteiger partial charge < -0.3 is 10.2 Å². The van der Waals surface area contributed by atoms with Crippen molar-refractivity contribution in [3.05, 3.63) is 29.6 Å². The van der Waals surface area contributed by atoms with Gasteiger partial charge in [0.1, 0.15) is 5.82 Å². The summed E-state index contributed by atoms with van der Waals surface area (Å²) >= 11 is 3.99. The third kappa shape index (κ3) is 3.71. The number of halogens is 1. The molecule has 0 aliphatic carbocycles. The molecule has 1 aromatic carbocycles. The molecule has 1 atom stereocenters. The number of thiol groups is 1. The Hall–Kier alpha value is -1.11. The van der Waals surface area contributed by atoms with Crippen molar-refractivity contribution in [2.75, 3.05) is 40.3 Å². The minimum absolute atomic E-state index is 0.187. The van der Waals surface area contributed by atoms with Crippen LogP contribution in [0.4, 0.5) is 4.39 Å². The zero-order chi connectivity index (χ0) is 14.7. The topological polar surface area (TPSA) is 35.6 Å². The van der Waals surface area contributed by atoms with Crippen molar-refractivity contribution in [2.45, 2.75) is 10.9 Å². The molecule has 4 nitrogen and oxygen atoms in total. The van der Waals surface area contributed by atoms with E-state index in [4.69, 9.17) is 0 Å². The van der Waals surface area contributed by atoms with E-state index in [9.17, 15) is 9.18 Å². The molecule has 1 fully saturated rings. The Bertz CT molecular complexity index is 497. The molecule has 0 saturated carbocycles. The molecule has 0 radical (unpaired) electrons. The van der Waals surface area contributed by atoms with Crippen molar-refractivity contribution < 1.29 is 9.18 Å². The van der Waals surface area contributed by atoms with E-state index in [1.807, 2.05) is 0 Å². The quantitative estimate of drug-likeness (QED) is 0.820. The Morgan fingerprint density at radius 2 is 2.20 bits per heavy atom. The average Bonchev–Trinajstić information content (AvgIpc) is 2.42. The SMILES string of the molecule is CN1CCN(C)C(CNC(=O)c2ccc(F)c(S)c2)C1. The second kappa shape index (κ2) is 6.56. The lowest BCUT2D eigenvalue weighted by atomic mass is 10.1. The van der Waals surface area contributed by atoms with Crippen molar-refractivity contribution in [1.29, 1.82) is 0 Å². The number of piperazine rings is 1. The van der Waals surface area contributed by atoms with Gasteiger partial charge in [-0.3, -0.25) is 9.69 Å². The van der Waals surface area contributed by atoms with Crippen LogP contribution in [-0.4, -0.2) is 62.0 Å². The number of benzene rings is 1. The number of hydrogen-bond donors (Lipinski definition) is 2. The molecule has 1 unspecified atom stereocenters. The fourth-order valence-electron chi connectivity index (χ4n) is 2.29. The monoisotopic (exact) mass is 297 g/mol. The highest BCUT2D eigenvalue weighted by molar-refractivity contribution is 7.80. The molecular weight excluding hydrogens is 277 g/mol. The second-order valence-corrected chi connectivity index (χ2v) is 5.75. The molecule has 1 saturated heterocycles. The molecule has 20 heavy (non-hydrogen) atoms. The van der Waals surface area contributed by atoms with Crippen molar-refractivity contribution in [1.82, 2.24) is 15.1 Å². The fourth-order valence-corrected chi connectivity index (χ4v) is 2.50. The molecular formula is C14H20FN3OS. The molecule has 1 N–H and O–H groups in total. The second-order valence-electron chi connectivity index (χ2n) is 5.27. The number of carbonyl (C=O) groups is 1. The van der Waals surface area contributed by atoms with E-state index in [0.29, 0.717) is 18.2 Å². The minimum atomic E-state index is -0.418. The van der Waals surface area contributed by atoms with Gasteiger partial charge in [-0.2, -0.15) is 0 Å². The molecule has 0 bridgehead atoms. The number of amides is 1. The lowest BCUT2D eigenvalue weighted by molar-refractivity contribution is 0.0881. The first-order chi connectivity index (χ1) is 9.47. The van der Waals surface area contributed by atoms with Gasteiger partial charge in [0.25, 0.3) is 5.91 Å². The Morgan fingerprint density at radius 1 is 1.45 bits per heavy atom. The van der Waals surface area contributed by atoms with E-state index in [0.717, 1.165) is 19.6 Å². The summed E-state index contributed by atoms with van der Waals surface area (Å²) in [7, 11) is 4.14. The largest absolute Gasteiger partial charge is 0.350 e. The summed E-state index contributed by atoms with van der Waals surface area (Å²) in [6.07, 6.45) is 0. The maximum Gasteiger partial charge on any atom is 0.251 e. The van der Waals surface area contributed by atoms with Gasteiger partial charge in [0, 0.05) is 42.7 Å². The third-order valence-corrected chi connectivity index (χ3v) is 4.03. The first-order valence-corrected chi connectivity index (χ1v) is 7.07. The molecule has 110 valence electrons. The zero-order valence-corrected chi connectivity index (χ0v) is 12.7. The van der Waals surface area contributed by atoms with E-state index in [2.05, 4.69) is 41.8 Å². The van der Waals surface area contributed by atoms with Gasteiger partial charge in [-0.1, -0.05) is 0 Å². The summed E-state index contributed by atoms with van der Waals surface area (Å²) in [5, 5.41) is 2.90. The number of nitrogens with one attached hydrogen (secondary N) is 1. The number of likely N-dealkylation sites (N-methyl/N-ethyl adjacent to an activating group) is 2.